The average Bonchev–Trinajstić information content (AvgIpc) is 2.15. The fourth-order valence-corrected chi connectivity index (χ4v) is 1.55. The first kappa shape index (κ1) is 11.1. The summed E-state index contributed by atoms with van der Waals surface area (Å²) in [6.07, 6.45) is 3.16. The van der Waals surface area contributed by atoms with Gasteiger partial charge in [-0.05, 0) is 30.9 Å². The molecule has 0 spiro atoms. The molecule has 0 unspecified atom stereocenters. The first-order chi connectivity index (χ1) is 6.70. The van der Waals surface area contributed by atoms with Gasteiger partial charge in [0.15, 0.2) is 0 Å². The Kier molecular flexibility index (Phi) is 4.47. The Labute approximate surface area is 89.1 Å². The number of halogens is 1. The topological polar surface area (TPSA) is 43.1 Å². The largest absolute Gasteiger partial charge is 0.370 e. The summed E-state index contributed by atoms with van der Waals surface area (Å²) >= 11 is 5.97. The fraction of sp³-hybridized carbons (Fsp3) is 0.364. The van der Waals surface area contributed by atoms with Crippen LogP contribution >= 0.6 is 11.6 Å². The third kappa shape index (κ3) is 3.79. The lowest BCUT2D eigenvalue weighted by atomic mass is 10.1. The van der Waals surface area contributed by atoms with E-state index in [0.717, 1.165) is 29.8 Å². The minimum absolute atomic E-state index is 0.232. The molecule has 0 radical (unpaired) electrons. The Hall–Kier alpha value is -1.02. The molecule has 0 aliphatic rings. The molecule has 2 nitrogen and oxygen atoms in total. The summed E-state index contributed by atoms with van der Waals surface area (Å²) in [5.74, 6) is -0.232. The summed E-state index contributed by atoms with van der Waals surface area (Å²) in [4.78, 5) is 10.5. The fourth-order valence-electron chi connectivity index (χ4n) is 1.32. The molecular weight excluding hydrogens is 198 g/mol. The standard InChI is InChI=1S/C11H14ClNO/c12-10-7-3-1-5-9(10)6-2-4-8-11(13)14/h1,3,5,7H,2,4,6,8H2,(H2,13,14). The second-order valence-electron chi connectivity index (χ2n) is 3.26. The van der Waals surface area contributed by atoms with E-state index >= 15 is 0 Å². The molecule has 0 heterocycles. The van der Waals surface area contributed by atoms with Crippen LogP contribution in [0.4, 0.5) is 0 Å². The van der Waals surface area contributed by atoms with E-state index in [9.17, 15) is 4.79 Å². The average molecular weight is 212 g/mol. The highest BCUT2D eigenvalue weighted by Gasteiger charge is 1.99. The van der Waals surface area contributed by atoms with Gasteiger partial charge in [0.05, 0.1) is 0 Å². The van der Waals surface area contributed by atoms with Crippen LogP contribution in [0.15, 0.2) is 24.3 Å². The molecule has 0 fully saturated rings. The normalized spacial score (nSPS) is 10.1. The number of benzene rings is 1. The molecule has 0 atom stereocenters. The van der Waals surface area contributed by atoms with Gasteiger partial charge < -0.3 is 5.73 Å². The summed E-state index contributed by atoms with van der Waals surface area (Å²) in [5.41, 5.74) is 6.17. The lowest BCUT2D eigenvalue weighted by molar-refractivity contribution is -0.118. The molecule has 3 heteroatoms. The number of hydrogen-bond donors (Lipinski definition) is 1. The molecule has 0 saturated carbocycles. The van der Waals surface area contributed by atoms with Crippen LogP contribution in [0.25, 0.3) is 0 Å². The van der Waals surface area contributed by atoms with Gasteiger partial charge >= 0.3 is 0 Å². The lowest BCUT2D eigenvalue weighted by Gasteiger charge is -2.02. The van der Waals surface area contributed by atoms with E-state index in [2.05, 4.69) is 0 Å². The number of nitrogens with two attached hydrogens (primary N) is 1. The van der Waals surface area contributed by atoms with E-state index < -0.39 is 0 Å². The second-order valence-corrected chi connectivity index (χ2v) is 3.67. The number of rotatable bonds is 5. The van der Waals surface area contributed by atoms with Crippen molar-refractivity contribution in [2.75, 3.05) is 0 Å². The molecule has 0 aliphatic carbocycles. The minimum Gasteiger partial charge on any atom is -0.370 e. The van der Waals surface area contributed by atoms with Crippen molar-refractivity contribution < 1.29 is 4.79 Å². The molecule has 0 aromatic heterocycles. The SMILES string of the molecule is NC(=O)CCCCc1ccccc1Cl. The zero-order valence-corrected chi connectivity index (χ0v) is 8.76. The molecule has 1 amide bonds. The van der Waals surface area contributed by atoms with Crippen molar-refractivity contribution in [2.45, 2.75) is 25.7 Å². The van der Waals surface area contributed by atoms with Crippen molar-refractivity contribution in [3.05, 3.63) is 34.9 Å². The first-order valence-electron chi connectivity index (χ1n) is 4.72. The van der Waals surface area contributed by atoms with Gasteiger partial charge in [-0.25, -0.2) is 0 Å². The molecule has 1 rings (SSSR count). The van der Waals surface area contributed by atoms with E-state index in [1.165, 1.54) is 0 Å². The smallest absolute Gasteiger partial charge is 0.217 e. The highest BCUT2D eigenvalue weighted by atomic mass is 35.5. The van der Waals surface area contributed by atoms with Gasteiger partial charge in [0.25, 0.3) is 0 Å². The predicted molar refractivity (Wildman–Crippen MR) is 58.2 cm³/mol. The quantitative estimate of drug-likeness (QED) is 0.748. The Morgan fingerprint density at radius 2 is 2.00 bits per heavy atom. The molecule has 0 aliphatic heterocycles. The molecule has 1 aromatic rings. The van der Waals surface area contributed by atoms with Crippen LogP contribution in [0.1, 0.15) is 24.8 Å². The lowest BCUT2D eigenvalue weighted by Crippen LogP contribution is -2.09. The minimum atomic E-state index is -0.232. The van der Waals surface area contributed by atoms with Crippen molar-refractivity contribution in [1.82, 2.24) is 0 Å². The van der Waals surface area contributed by atoms with Crippen molar-refractivity contribution in [3.63, 3.8) is 0 Å². The van der Waals surface area contributed by atoms with Gasteiger partial charge in [0.2, 0.25) is 5.91 Å². The molecule has 0 saturated heterocycles. The highest BCUT2D eigenvalue weighted by molar-refractivity contribution is 6.31. The van der Waals surface area contributed by atoms with Gasteiger partial charge in [0.1, 0.15) is 0 Å². The maximum Gasteiger partial charge on any atom is 0.217 e. The number of primary amides is 1. The highest BCUT2D eigenvalue weighted by Crippen LogP contribution is 2.17. The van der Waals surface area contributed by atoms with Gasteiger partial charge in [-0.3, -0.25) is 4.79 Å². The Morgan fingerprint density at radius 1 is 1.29 bits per heavy atom. The number of amides is 1. The van der Waals surface area contributed by atoms with Crippen LogP contribution in [-0.4, -0.2) is 5.91 Å². The van der Waals surface area contributed by atoms with Gasteiger partial charge in [-0.2, -0.15) is 0 Å². The monoisotopic (exact) mass is 211 g/mol. The summed E-state index contributed by atoms with van der Waals surface area (Å²) in [7, 11) is 0. The Morgan fingerprint density at radius 3 is 2.64 bits per heavy atom. The molecular formula is C11H14ClNO. The molecule has 1 aromatic carbocycles. The third-order valence-corrected chi connectivity index (χ3v) is 2.45. The van der Waals surface area contributed by atoms with Crippen LogP contribution < -0.4 is 5.73 Å². The van der Waals surface area contributed by atoms with Crippen molar-refractivity contribution in [3.8, 4) is 0 Å². The zero-order chi connectivity index (χ0) is 10.4. The molecule has 76 valence electrons. The maximum absolute atomic E-state index is 10.5. The molecule has 2 N–H and O–H groups in total. The number of carbonyl (C=O) groups is 1. The predicted octanol–water partition coefficient (Wildman–Crippen LogP) is 2.54. The van der Waals surface area contributed by atoms with Crippen LogP contribution in [0.5, 0.6) is 0 Å². The maximum atomic E-state index is 10.5. The third-order valence-electron chi connectivity index (χ3n) is 2.08. The van der Waals surface area contributed by atoms with Crippen LogP contribution in [-0.2, 0) is 11.2 Å². The number of hydrogen-bond acceptors (Lipinski definition) is 1. The molecule has 0 bridgehead atoms. The Balaban J connectivity index is 2.31. The van der Waals surface area contributed by atoms with E-state index in [-0.39, 0.29) is 5.91 Å². The van der Waals surface area contributed by atoms with Crippen molar-refractivity contribution >= 4 is 17.5 Å². The van der Waals surface area contributed by atoms with Crippen molar-refractivity contribution in [2.24, 2.45) is 5.73 Å². The molecule has 14 heavy (non-hydrogen) atoms. The number of carbonyl (C=O) groups excluding carboxylic acids is 1. The van der Waals surface area contributed by atoms with E-state index in [4.69, 9.17) is 17.3 Å². The van der Waals surface area contributed by atoms with E-state index in [1.807, 2.05) is 24.3 Å². The van der Waals surface area contributed by atoms with Gasteiger partial charge in [-0.15, -0.1) is 0 Å². The van der Waals surface area contributed by atoms with E-state index in [0.29, 0.717) is 6.42 Å². The van der Waals surface area contributed by atoms with Gasteiger partial charge in [0, 0.05) is 11.4 Å². The first-order valence-corrected chi connectivity index (χ1v) is 5.09. The number of unbranched alkanes of at least 4 members (excludes halogenated alkanes) is 1. The summed E-state index contributed by atoms with van der Waals surface area (Å²) in [5, 5.41) is 0.798. The second kappa shape index (κ2) is 5.66. The van der Waals surface area contributed by atoms with E-state index in [1.54, 1.807) is 0 Å². The summed E-state index contributed by atoms with van der Waals surface area (Å²) < 4.78 is 0. The summed E-state index contributed by atoms with van der Waals surface area (Å²) in [6, 6.07) is 7.77. The van der Waals surface area contributed by atoms with Gasteiger partial charge in [-0.1, -0.05) is 29.8 Å². The van der Waals surface area contributed by atoms with Crippen LogP contribution in [0.3, 0.4) is 0 Å². The zero-order valence-electron chi connectivity index (χ0n) is 8.00. The van der Waals surface area contributed by atoms with Crippen LogP contribution in [0.2, 0.25) is 5.02 Å². The Bertz CT molecular complexity index is 312. The summed E-state index contributed by atoms with van der Waals surface area (Å²) in [6.45, 7) is 0. The van der Waals surface area contributed by atoms with Crippen LogP contribution in [0, 0.1) is 0 Å². The van der Waals surface area contributed by atoms with Crippen molar-refractivity contribution in [1.29, 1.82) is 0 Å². The number of aryl methyl sites for hydroxylation is 1.